The zero-order valence-corrected chi connectivity index (χ0v) is 11.9. The summed E-state index contributed by atoms with van der Waals surface area (Å²) >= 11 is 3.34. The Hall–Kier alpha value is -1.66. The molecule has 98 valence electrons. The van der Waals surface area contributed by atoms with Gasteiger partial charge in [0.1, 0.15) is 11.1 Å². The van der Waals surface area contributed by atoms with Crippen LogP contribution in [0.25, 0.3) is 0 Å². The molecule has 3 N–H and O–H groups in total. The number of nitrogens with one attached hydrogen (secondary N) is 1. The Morgan fingerprint density at radius 3 is 2.79 bits per heavy atom. The van der Waals surface area contributed by atoms with Crippen LogP contribution in [0.1, 0.15) is 5.56 Å². The van der Waals surface area contributed by atoms with Gasteiger partial charge in [-0.15, -0.1) is 12.4 Å². The Bertz CT molecular complexity index is 656. The standard InChI is InChI=1S/C12H8BrN3O2.ClH/c13-6-1-2-7-8(3-6)16-11(18)12(7)4-9(10(14)17)15-5-12;/h1-5H,(H2,14,17)(H,16,18);1H/t12-;/m0./s1. The van der Waals surface area contributed by atoms with Gasteiger partial charge in [0.05, 0.1) is 0 Å². The number of benzene rings is 1. The molecule has 0 bridgehead atoms. The lowest BCUT2D eigenvalue weighted by Crippen LogP contribution is -2.32. The van der Waals surface area contributed by atoms with Gasteiger partial charge in [-0.05, 0) is 18.2 Å². The molecule has 0 aliphatic carbocycles. The SMILES string of the molecule is Cl.NC(=O)C1=C[C@@]2(C=N1)C(=O)Nc1cc(Br)ccc12. The van der Waals surface area contributed by atoms with Crippen molar-refractivity contribution in [3.05, 3.63) is 40.0 Å². The molecule has 0 saturated carbocycles. The van der Waals surface area contributed by atoms with Gasteiger partial charge < -0.3 is 11.1 Å². The minimum atomic E-state index is -1.000. The van der Waals surface area contributed by atoms with Gasteiger partial charge in [-0.3, -0.25) is 14.6 Å². The quantitative estimate of drug-likeness (QED) is 0.811. The predicted molar refractivity (Wildman–Crippen MR) is 77.5 cm³/mol. The minimum Gasteiger partial charge on any atom is -0.364 e. The van der Waals surface area contributed by atoms with Crippen LogP contribution in [0.15, 0.2) is 39.4 Å². The monoisotopic (exact) mass is 341 g/mol. The Morgan fingerprint density at radius 1 is 1.42 bits per heavy atom. The highest BCUT2D eigenvalue weighted by atomic mass is 79.9. The number of nitrogens with zero attached hydrogens (tertiary/aromatic N) is 1. The first-order valence-electron chi connectivity index (χ1n) is 5.22. The van der Waals surface area contributed by atoms with Crippen molar-refractivity contribution >= 4 is 52.1 Å². The number of aliphatic imine (C=N–C) groups is 1. The maximum absolute atomic E-state index is 12.1. The van der Waals surface area contributed by atoms with E-state index in [1.807, 2.05) is 18.2 Å². The predicted octanol–water partition coefficient (Wildman–Crippen LogP) is 1.51. The number of hydrogen-bond donors (Lipinski definition) is 2. The number of carbonyl (C=O) groups is 2. The lowest BCUT2D eigenvalue weighted by Gasteiger charge is -2.14. The van der Waals surface area contributed by atoms with Crippen LogP contribution in [0.3, 0.4) is 0 Å². The Morgan fingerprint density at radius 2 is 2.16 bits per heavy atom. The molecule has 5 nitrogen and oxygen atoms in total. The second kappa shape index (κ2) is 4.47. The highest BCUT2D eigenvalue weighted by Crippen LogP contribution is 2.41. The lowest BCUT2D eigenvalue weighted by molar-refractivity contribution is -0.117. The van der Waals surface area contributed by atoms with Crippen LogP contribution in [0.2, 0.25) is 0 Å². The number of primary amides is 1. The third-order valence-electron chi connectivity index (χ3n) is 3.08. The topological polar surface area (TPSA) is 84.6 Å². The van der Waals surface area contributed by atoms with E-state index in [-0.39, 0.29) is 24.0 Å². The largest absolute Gasteiger partial charge is 0.364 e. The van der Waals surface area contributed by atoms with E-state index in [4.69, 9.17) is 5.73 Å². The van der Waals surface area contributed by atoms with E-state index in [1.165, 1.54) is 12.3 Å². The van der Waals surface area contributed by atoms with Crippen LogP contribution < -0.4 is 11.1 Å². The maximum Gasteiger partial charge on any atom is 0.267 e. The van der Waals surface area contributed by atoms with Crippen LogP contribution in [0.4, 0.5) is 5.69 Å². The van der Waals surface area contributed by atoms with Gasteiger partial charge in [0.25, 0.3) is 5.91 Å². The Kier molecular flexibility index (Phi) is 3.24. The lowest BCUT2D eigenvalue weighted by atomic mass is 9.83. The van der Waals surface area contributed by atoms with Crippen molar-refractivity contribution in [2.24, 2.45) is 10.7 Å². The number of anilines is 1. The van der Waals surface area contributed by atoms with Gasteiger partial charge in [0, 0.05) is 21.9 Å². The van der Waals surface area contributed by atoms with Crippen molar-refractivity contribution in [1.82, 2.24) is 0 Å². The van der Waals surface area contributed by atoms with E-state index < -0.39 is 11.3 Å². The van der Waals surface area contributed by atoms with Crippen LogP contribution in [0, 0.1) is 0 Å². The van der Waals surface area contributed by atoms with Crippen molar-refractivity contribution in [1.29, 1.82) is 0 Å². The van der Waals surface area contributed by atoms with E-state index in [2.05, 4.69) is 26.2 Å². The third-order valence-corrected chi connectivity index (χ3v) is 3.57. The molecule has 2 aliphatic rings. The van der Waals surface area contributed by atoms with E-state index in [1.54, 1.807) is 0 Å². The molecule has 2 amide bonds. The molecule has 19 heavy (non-hydrogen) atoms. The molecule has 1 aromatic carbocycles. The van der Waals surface area contributed by atoms with Crippen molar-refractivity contribution in [2.75, 3.05) is 5.32 Å². The summed E-state index contributed by atoms with van der Waals surface area (Å²) in [5, 5.41) is 2.77. The fourth-order valence-electron chi connectivity index (χ4n) is 2.20. The maximum atomic E-state index is 12.1. The molecule has 2 aliphatic heterocycles. The van der Waals surface area contributed by atoms with Crippen molar-refractivity contribution < 1.29 is 9.59 Å². The summed E-state index contributed by atoms with van der Waals surface area (Å²) in [5.74, 6) is -0.864. The molecule has 0 fully saturated rings. The van der Waals surface area contributed by atoms with E-state index >= 15 is 0 Å². The second-order valence-electron chi connectivity index (χ2n) is 4.17. The van der Waals surface area contributed by atoms with E-state index in [0.29, 0.717) is 5.69 Å². The number of amides is 2. The second-order valence-corrected chi connectivity index (χ2v) is 5.08. The van der Waals surface area contributed by atoms with Gasteiger partial charge in [-0.2, -0.15) is 0 Å². The number of hydrogen-bond acceptors (Lipinski definition) is 3. The Balaban J connectivity index is 0.00000133. The molecule has 1 atom stereocenters. The average Bonchev–Trinajstić information content (AvgIpc) is 2.84. The summed E-state index contributed by atoms with van der Waals surface area (Å²) < 4.78 is 0.868. The molecule has 0 unspecified atom stereocenters. The van der Waals surface area contributed by atoms with Crippen molar-refractivity contribution in [2.45, 2.75) is 5.41 Å². The summed E-state index contributed by atoms with van der Waals surface area (Å²) in [7, 11) is 0. The fraction of sp³-hybridized carbons (Fsp3) is 0.0833. The number of rotatable bonds is 1. The number of halogens is 2. The van der Waals surface area contributed by atoms with Crippen molar-refractivity contribution in [3.63, 3.8) is 0 Å². The molecule has 0 saturated heterocycles. The summed E-state index contributed by atoms with van der Waals surface area (Å²) in [4.78, 5) is 27.2. The van der Waals surface area contributed by atoms with E-state index in [9.17, 15) is 9.59 Å². The normalized spacial score (nSPS) is 22.8. The Labute approximate surface area is 123 Å². The van der Waals surface area contributed by atoms with E-state index in [0.717, 1.165) is 10.0 Å². The average molecular weight is 343 g/mol. The molecule has 1 aromatic rings. The summed E-state index contributed by atoms with van der Waals surface area (Å²) in [6.07, 6.45) is 2.96. The number of carbonyl (C=O) groups excluding carboxylic acids is 2. The molecule has 2 heterocycles. The zero-order chi connectivity index (χ0) is 12.9. The summed E-state index contributed by atoms with van der Waals surface area (Å²) in [5.41, 5.74) is 5.78. The van der Waals surface area contributed by atoms with Gasteiger partial charge in [-0.1, -0.05) is 22.0 Å². The molecule has 0 radical (unpaired) electrons. The van der Waals surface area contributed by atoms with Gasteiger partial charge in [0.2, 0.25) is 5.91 Å². The van der Waals surface area contributed by atoms with Crippen LogP contribution in [-0.4, -0.2) is 18.0 Å². The zero-order valence-electron chi connectivity index (χ0n) is 9.51. The first-order valence-corrected chi connectivity index (χ1v) is 6.01. The van der Waals surface area contributed by atoms with Crippen LogP contribution in [0.5, 0.6) is 0 Å². The van der Waals surface area contributed by atoms with Gasteiger partial charge in [-0.25, -0.2) is 0 Å². The number of nitrogens with two attached hydrogens (primary N) is 1. The van der Waals surface area contributed by atoms with Crippen molar-refractivity contribution in [3.8, 4) is 0 Å². The summed E-state index contributed by atoms with van der Waals surface area (Å²) in [6, 6.07) is 5.47. The molecule has 3 rings (SSSR count). The first kappa shape index (κ1) is 13.8. The molecule has 1 spiro atoms. The first-order chi connectivity index (χ1) is 8.53. The third kappa shape index (κ3) is 1.87. The molecule has 0 aromatic heterocycles. The number of fused-ring (bicyclic) bond motifs is 2. The van der Waals surface area contributed by atoms with Gasteiger partial charge in [0.15, 0.2) is 0 Å². The molecule has 7 heteroatoms. The van der Waals surface area contributed by atoms with Crippen LogP contribution in [-0.2, 0) is 15.0 Å². The summed E-state index contributed by atoms with van der Waals surface area (Å²) in [6.45, 7) is 0. The minimum absolute atomic E-state index is 0. The smallest absolute Gasteiger partial charge is 0.267 e. The molecular weight excluding hydrogens is 334 g/mol. The fourth-order valence-corrected chi connectivity index (χ4v) is 2.56. The van der Waals surface area contributed by atoms with Crippen LogP contribution >= 0.6 is 28.3 Å². The highest BCUT2D eigenvalue weighted by molar-refractivity contribution is 9.10. The molecular formula is C12H9BrClN3O2. The van der Waals surface area contributed by atoms with Gasteiger partial charge >= 0.3 is 0 Å². The highest BCUT2D eigenvalue weighted by Gasteiger charge is 2.47.